The first kappa shape index (κ1) is 33.0. The maximum atomic E-state index is 6.73. The topological polar surface area (TPSA) is 21.3 Å². The van der Waals surface area contributed by atoms with E-state index in [1.165, 1.54) is 83.1 Å². The zero-order valence-corrected chi connectivity index (χ0v) is 31.9. The van der Waals surface area contributed by atoms with Crippen molar-refractivity contribution in [2.24, 2.45) is 5.92 Å². The Morgan fingerprint density at radius 3 is 1.98 bits per heavy atom. The van der Waals surface area contributed by atoms with Gasteiger partial charge in [-0.1, -0.05) is 188 Å². The van der Waals surface area contributed by atoms with Crippen molar-refractivity contribution in [3.8, 4) is 33.4 Å². The van der Waals surface area contributed by atoms with E-state index in [0.29, 0.717) is 0 Å². The fourth-order valence-corrected chi connectivity index (χ4v) is 10.2. The molecular weight excluding hydrogens is 703 g/mol. The summed E-state index contributed by atoms with van der Waals surface area (Å²) in [6.07, 6.45) is 7.70. The van der Waals surface area contributed by atoms with Crippen LogP contribution in [0.4, 0.5) is 0 Å². The molecule has 3 aliphatic carbocycles. The van der Waals surface area contributed by atoms with Crippen LogP contribution in [0, 0.1) is 5.92 Å². The van der Waals surface area contributed by atoms with Crippen LogP contribution in [0.3, 0.4) is 0 Å². The fourth-order valence-electron chi connectivity index (χ4n) is 10.2. The molecule has 0 bridgehead atoms. The molecule has 0 amide bonds. The minimum absolute atomic E-state index is 0.190. The molecule has 1 N–H and O–H groups in total. The third kappa shape index (κ3) is 4.91. The van der Waals surface area contributed by atoms with Crippen LogP contribution >= 0.6 is 0 Å². The van der Waals surface area contributed by atoms with E-state index in [1.54, 1.807) is 0 Å². The van der Waals surface area contributed by atoms with Crippen molar-refractivity contribution in [3.63, 3.8) is 0 Å². The van der Waals surface area contributed by atoms with Crippen molar-refractivity contribution in [1.29, 1.82) is 0 Å². The third-order valence-electron chi connectivity index (χ3n) is 12.9. The summed E-state index contributed by atoms with van der Waals surface area (Å²) in [4.78, 5) is 0. The number of hydrogen-bond acceptors (Lipinski definition) is 2. The minimum atomic E-state index is -0.480. The van der Waals surface area contributed by atoms with E-state index in [2.05, 4.69) is 212 Å². The Labute approximate surface area is 339 Å². The molecule has 2 heteroatoms. The molecule has 12 rings (SSSR count). The molecule has 0 radical (unpaired) electrons. The van der Waals surface area contributed by atoms with Crippen LogP contribution < -0.4 is 5.32 Å². The number of fused-ring (bicyclic) bond motifs is 9. The molecule has 4 aliphatic rings. The molecule has 8 aromatic rings. The van der Waals surface area contributed by atoms with Gasteiger partial charge >= 0.3 is 0 Å². The SMILES string of the molecule is C1=CC2CC=C3NC(c4ccccc4)OC3=C2c2cc(-c3cccc(-c4ccc5c(c4)C(c4ccccc4)(c4ccccc4)c4ccc6ccccc6c4-5)c3)ccc21. The van der Waals surface area contributed by atoms with Crippen LogP contribution in [0.1, 0.15) is 51.6 Å². The van der Waals surface area contributed by atoms with E-state index < -0.39 is 5.41 Å². The summed E-state index contributed by atoms with van der Waals surface area (Å²) in [6.45, 7) is 0. The van der Waals surface area contributed by atoms with Crippen molar-refractivity contribution in [3.05, 3.63) is 251 Å². The van der Waals surface area contributed by atoms with Crippen molar-refractivity contribution >= 4 is 22.4 Å². The number of rotatable bonds is 5. The first-order chi connectivity index (χ1) is 28.7. The molecular formula is C56H39NO. The van der Waals surface area contributed by atoms with Gasteiger partial charge in [-0.3, -0.25) is 0 Å². The Bertz CT molecular complexity index is 2990. The lowest BCUT2D eigenvalue weighted by Crippen LogP contribution is -2.28. The van der Waals surface area contributed by atoms with Gasteiger partial charge in [-0.2, -0.15) is 0 Å². The molecule has 1 heterocycles. The average Bonchev–Trinajstić information content (AvgIpc) is 3.88. The second-order valence-electron chi connectivity index (χ2n) is 15.9. The number of allylic oxidation sites excluding steroid dienone is 3. The van der Waals surface area contributed by atoms with Crippen LogP contribution in [-0.4, -0.2) is 0 Å². The van der Waals surface area contributed by atoms with Crippen LogP contribution in [0.15, 0.2) is 212 Å². The second kappa shape index (κ2) is 12.9. The summed E-state index contributed by atoms with van der Waals surface area (Å²) in [5, 5.41) is 6.21. The van der Waals surface area contributed by atoms with Gasteiger partial charge in [-0.15, -0.1) is 0 Å². The molecule has 274 valence electrons. The van der Waals surface area contributed by atoms with Crippen LogP contribution in [0.25, 0.3) is 55.8 Å². The van der Waals surface area contributed by atoms with Gasteiger partial charge in [0.15, 0.2) is 6.23 Å². The van der Waals surface area contributed by atoms with Gasteiger partial charge in [-0.05, 0) is 102 Å². The number of nitrogens with one attached hydrogen (secondary N) is 1. The first-order valence-corrected chi connectivity index (χ1v) is 20.4. The van der Waals surface area contributed by atoms with Crippen molar-refractivity contribution in [2.75, 3.05) is 0 Å². The minimum Gasteiger partial charge on any atom is -0.464 e. The highest BCUT2D eigenvalue weighted by molar-refractivity contribution is 6.04. The molecule has 2 unspecified atom stereocenters. The zero-order chi connectivity index (χ0) is 38.2. The van der Waals surface area contributed by atoms with Crippen LogP contribution in [0.5, 0.6) is 0 Å². The van der Waals surface area contributed by atoms with Gasteiger partial charge in [0.05, 0.1) is 11.1 Å². The quantitative estimate of drug-likeness (QED) is 0.190. The molecule has 0 spiro atoms. The van der Waals surface area contributed by atoms with Gasteiger partial charge in [0.25, 0.3) is 0 Å². The van der Waals surface area contributed by atoms with Gasteiger partial charge in [0.1, 0.15) is 5.76 Å². The molecule has 0 saturated carbocycles. The smallest absolute Gasteiger partial charge is 0.196 e. The molecule has 8 aromatic carbocycles. The van der Waals surface area contributed by atoms with E-state index in [-0.39, 0.29) is 12.1 Å². The maximum absolute atomic E-state index is 6.73. The summed E-state index contributed by atoms with van der Waals surface area (Å²) in [7, 11) is 0. The molecule has 1 aliphatic heterocycles. The molecule has 0 aromatic heterocycles. The molecule has 1 fully saturated rings. The van der Waals surface area contributed by atoms with Gasteiger partial charge in [-0.25, -0.2) is 0 Å². The summed E-state index contributed by atoms with van der Waals surface area (Å²) >= 11 is 0. The van der Waals surface area contributed by atoms with E-state index in [1.807, 2.05) is 0 Å². The second-order valence-corrected chi connectivity index (χ2v) is 15.9. The van der Waals surface area contributed by atoms with Crippen molar-refractivity contribution < 1.29 is 4.74 Å². The van der Waals surface area contributed by atoms with Crippen LogP contribution in [-0.2, 0) is 10.2 Å². The number of benzene rings is 8. The van der Waals surface area contributed by atoms with E-state index in [9.17, 15) is 0 Å². The predicted molar refractivity (Wildman–Crippen MR) is 238 cm³/mol. The third-order valence-corrected chi connectivity index (χ3v) is 12.9. The lowest BCUT2D eigenvalue weighted by molar-refractivity contribution is 0.148. The molecule has 2 atom stereocenters. The van der Waals surface area contributed by atoms with E-state index >= 15 is 0 Å². The first-order valence-electron chi connectivity index (χ1n) is 20.4. The molecule has 58 heavy (non-hydrogen) atoms. The summed E-state index contributed by atoms with van der Waals surface area (Å²) in [6, 6.07) is 69.4. The molecule has 1 saturated heterocycles. The van der Waals surface area contributed by atoms with Crippen molar-refractivity contribution in [1.82, 2.24) is 5.32 Å². The Morgan fingerprint density at radius 1 is 0.534 bits per heavy atom. The van der Waals surface area contributed by atoms with Crippen LogP contribution in [0.2, 0.25) is 0 Å². The zero-order valence-electron chi connectivity index (χ0n) is 31.9. The Hall–Kier alpha value is -7.16. The standard InChI is InChI=1S/C56H39NO/c1-4-14-39(15-5-1)55-57-51-32-29-38-25-23-37-24-26-42(34-48(37)52(38)54(51)58-55)40-16-12-17-41(33-40)43-27-30-47-50(35-43)56(44-18-6-2-7-19-44,45-20-8-3-9-21-45)49-31-28-36-13-10-11-22-46(36)53(47)49/h1-28,30-35,38,55,57H,29H2. The number of ether oxygens (including phenoxy) is 1. The highest BCUT2D eigenvalue weighted by Gasteiger charge is 2.47. The lowest BCUT2D eigenvalue weighted by atomic mass is 9.67. The monoisotopic (exact) mass is 741 g/mol. The summed E-state index contributed by atoms with van der Waals surface area (Å²) in [5.74, 6) is 1.26. The van der Waals surface area contributed by atoms with E-state index in [0.717, 1.165) is 23.4 Å². The normalized spacial score (nSPS) is 18.0. The highest BCUT2D eigenvalue weighted by Crippen LogP contribution is 2.58. The summed E-state index contributed by atoms with van der Waals surface area (Å²) in [5.41, 5.74) is 18.2. The average molecular weight is 742 g/mol. The Kier molecular flexibility index (Phi) is 7.37. The Balaban J connectivity index is 0.995. The van der Waals surface area contributed by atoms with Gasteiger partial charge in [0, 0.05) is 17.1 Å². The van der Waals surface area contributed by atoms with Crippen molar-refractivity contribution in [2.45, 2.75) is 18.1 Å². The fraction of sp³-hybridized carbons (Fsp3) is 0.0714. The largest absolute Gasteiger partial charge is 0.464 e. The predicted octanol–water partition coefficient (Wildman–Crippen LogP) is 13.5. The number of hydrogen-bond donors (Lipinski definition) is 1. The summed E-state index contributed by atoms with van der Waals surface area (Å²) < 4.78 is 6.73. The maximum Gasteiger partial charge on any atom is 0.196 e. The highest BCUT2D eigenvalue weighted by atomic mass is 16.5. The van der Waals surface area contributed by atoms with E-state index in [4.69, 9.17) is 4.74 Å². The lowest BCUT2D eigenvalue weighted by Gasteiger charge is -2.34. The van der Waals surface area contributed by atoms with Gasteiger partial charge in [0.2, 0.25) is 0 Å². The van der Waals surface area contributed by atoms with Gasteiger partial charge < -0.3 is 10.1 Å². The Morgan fingerprint density at radius 2 is 1.21 bits per heavy atom. The molecule has 2 nitrogen and oxygen atoms in total.